The molecule has 0 saturated heterocycles. The van der Waals surface area contributed by atoms with Crippen molar-refractivity contribution in [2.45, 2.75) is 12.8 Å². The Balaban J connectivity index is 2.06. The van der Waals surface area contributed by atoms with Crippen LogP contribution in [0.15, 0.2) is 24.3 Å². The molecule has 11 heavy (non-hydrogen) atoms. The summed E-state index contributed by atoms with van der Waals surface area (Å²) >= 11 is 5.75. The van der Waals surface area contributed by atoms with E-state index in [-0.39, 0.29) is 0 Å². The third kappa shape index (κ3) is 1.90. The Morgan fingerprint density at radius 3 is 2.36 bits per heavy atom. The monoisotopic (exact) mass is 165 g/mol. The van der Waals surface area contributed by atoms with Crippen LogP contribution in [0.4, 0.5) is 0 Å². The van der Waals surface area contributed by atoms with Gasteiger partial charge in [0.2, 0.25) is 0 Å². The molecule has 56 valence electrons. The van der Waals surface area contributed by atoms with E-state index in [9.17, 15) is 0 Å². The van der Waals surface area contributed by atoms with Crippen LogP contribution in [0.5, 0.6) is 0 Å². The molecule has 0 bridgehead atoms. The smallest absolute Gasteiger partial charge is 0.0818 e. The maximum absolute atomic E-state index is 5.75. The number of halogens is 1. The summed E-state index contributed by atoms with van der Waals surface area (Å²) in [4.78, 5) is 0. The fourth-order valence-corrected chi connectivity index (χ4v) is 1.23. The van der Waals surface area contributed by atoms with E-state index in [4.69, 9.17) is 11.6 Å². The van der Waals surface area contributed by atoms with E-state index >= 15 is 0 Å². The minimum Gasteiger partial charge on any atom is -0.0818 e. The molecule has 0 spiro atoms. The molecule has 1 aromatic rings. The van der Waals surface area contributed by atoms with E-state index in [1.54, 1.807) is 0 Å². The van der Waals surface area contributed by atoms with Crippen LogP contribution in [0, 0.1) is 12.3 Å². The van der Waals surface area contributed by atoms with Crippen molar-refractivity contribution in [3.63, 3.8) is 0 Å². The maximum Gasteiger partial charge on any atom is 0.130 e. The van der Waals surface area contributed by atoms with E-state index < -0.39 is 0 Å². The first-order valence-corrected chi connectivity index (χ1v) is 4.33. The van der Waals surface area contributed by atoms with Gasteiger partial charge in [-0.1, -0.05) is 11.6 Å². The van der Waals surface area contributed by atoms with Crippen LogP contribution in [-0.2, 0) is 0 Å². The average molecular weight is 166 g/mol. The quantitative estimate of drug-likeness (QED) is 0.590. The summed E-state index contributed by atoms with van der Waals surface area (Å²) in [5.41, 5.74) is 1.30. The van der Waals surface area contributed by atoms with Gasteiger partial charge in [-0.05, 0) is 12.8 Å². The van der Waals surface area contributed by atoms with Gasteiger partial charge in [0.1, 0.15) is 5.56 Å². The van der Waals surface area contributed by atoms with Gasteiger partial charge in [-0.25, -0.2) is 0 Å². The van der Waals surface area contributed by atoms with Gasteiger partial charge < -0.3 is 0 Å². The van der Waals surface area contributed by atoms with Crippen LogP contribution in [-0.4, -0.2) is 0 Å². The minimum absolute atomic E-state index is 0.818. The van der Waals surface area contributed by atoms with Gasteiger partial charge in [0.15, 0.2) is 0 Å². The lowest BCUT2D eigenvalue weighted by Gasteiger charge is -1.88. The Kier molecular flexibility index (Phi) is 1.79. The molecule has 0 heterocycles. The van der Waals surface area contributed by atoms with Gasteiger partial charge in [-0.15, -0.1) is 0 Å². The highest BCUT2D eigenvalue weighted by molar-refractivity contribution is 6.30. The highest BCUT2D eigenvalue weighted by Gasteiger charge is 2.25. The summed E-state index contributed by atoms with van der Waals surface area (Å²) in [6.45, 7) is 0. The normalized spacial score (nSPS) is 16.5. The van der Waals surface area contributed by atoms with Crippen molar-refractivity contribution in [2.24, 2.45) is 5.92 Å². The molecule has 1 aromatic carbocycles. The van der Waals surface area contributed by atoms with E-state index in [2.05, 4.69) is 18.6 Å². The molecule has 0 amide bonds. The van der Waals surface area contributed by atoms with Crippen molar-refractivity contribution in [3.8, 4) is 0 Å². The van der Waals surface area contributed by atoms with Crippen molar-refractivity contribution >= 4 is 11.6 Å². The number of benzene rings is 1. The number of hydrogen-bond donors (Lipinski definition) is 0. The van der Waals surface area contributed by atoms with Crippen molar-refractivity contribution in [2.75, 3.05) is 0 Å². The van der Waals surface area contributed by atoms with Crippen molar-refractivity contribution in [1.29, 1.82) is 0 Å². The van der Waals surface area contributed by atoms with E-state index in [0.717, 1.165) is 10.9 Å². The molecule has 0 atom stereocenters. The molecule has 2 rings (SSSR count). The fraction of sp³-hybridized carbons (Fsp3) is 0.300. The van der Waals surface area contributed by atoms with Gasteiger partial charge in [0.05, 0.1) is 5.02 Å². The maximum atomic E-state index is 5.75. The highest BCUT2D eigenvalue weighted by atomic mass is 35.5. The summed E-state index contributed by atoms with van der Waals surface area (Å²) in [6, 6.07) is 8.02. The predicted octanol–water partition coefficient (Wildman–Crippen LogP) is 3.30. The van der Waals surface area contributed by atoms with Crippen LogP contribution >= 0.6 is 11.6 Å². The highest BCUT2D eigenvalue weighted by Crippen LogP contribution is 2.34. The summed E-state index contributed by atoms with van der Waals surface area (Å²) in [7, 11) is 0. The van der Waals surface area contributed by atoms with Crippen LogP contribution in [0.2, 0.25) is 5.02 Å². The summed E-state index contributed by atoms with van der Waals surface area (Å²) in [5, 5.41) is 0.818. The Morgan fingerprint density at radius 1 is 1.18 bits per heavy atom. The molecule has 1 saturated carbocycles. The molecule has 0 aromatic heterocycles. The Labute approximate surface area is 72.2 Å². The Bertz CT molecular complexity index is 234. The SMILES string of the molecule is Clc1ccc([CH+]C2CC2)cc1. The van der Waals surface area contributed by atoms with E-state index in [0.29, 0.717) is 0 Å². The third-order valence-electron chi connectivity index (χ3n) is 1.92. The van der Waals surface area contributed by atoms with E-state index in [1.165, 1.54) is 18.4 Å². The standard InChI is InChI=1S/C10H10Cl/c11-10-5-3-9(4-6-10)7-8-1-2-8/h3-8H,1-2H2/q+1. The topological polar surface area (TPSA) is 0 Å². The van der Waals surface area contributed by atoms with Crippen LogP contribution < -0.4 is 0 Å². The van der Waals surface area contributed by atoms with Crippen molar-refractivity contribution < 1.29 is 0 Å². The van der Waals surface area contributed by atoms with Crippen LogP contribution in [0.1, 0.15) is 18.4 Å². The molecular weight excluding hydrogens is 156 g/mol. The molecule has 0 radical (unpaired) electrons. The molecule has 0 nitrogen and oxygen atoms in total. The zero-order chi connectivity index (χ0) is 7.68. The molecular formula is C10H10Cl+. The lowest BCUT2D eigenvalue weighted by Crippen LogP contribution is -1.81. The largest absolute Gasteiger partial charge is 0.130 e. The van der Waals surface area contributed by atoms with E-state index in [1.807, 2.05) is 12.1 Å². The van der Waals surface area contributed by atoms with Crippen molar-refractivity contribution in [3.05, 3.63) is 41.3 Å². The van der Waals surface area contributed by atoms with Gasteiger partial charge in [-0.2, -0.15) is 0 Å². The van der Waals surface area contributed by atoms with Gasteiger partial charge in [-0.3, -0.25) is 0 Å². The van der Waals surface area contributed by atoms with Crippen molar-refractivity contribution in [1.82, 2.24) is 0 Å². The lowest BCUT2D eigenvalue weighted by atomic mass is 10.1. The zero-order valence-corrected chi connectivity index (χ0v) is 7.01. The molecule has 0 unspecified atom stereocenters. The summed E-state index contributed by atoms with van der Waals surface area (Å²) in [6.07, 6.45) is 5.04. The number of hydrogen-bond acceptors (Lipinski definition) is 0. The zero-order valence-electron chi connectivity index (χ0n) is 6.26. The molecule has 0 aliphatic heterocycles. The minimum atomic E-state index is 0.818. The van der Waals surface area contributed by atoms with Gasteiger partial charge >= 0.3 is 0 Å². The molecule has 0 N–H and O–H groups in total. The average Bonchev–Trinajstić information content (AvgIpc) is 2.78. The lowest BCUT2D eigenvalue weighted by molar-refractivity contribution is 1.03. The molecule has 1 aliphatic carbocycles. The second kappa shape index (κ2) is 2.78. The molecule has 1 aliphatic rings. The first-order valence-electron chi connectivity index (χ1n) is 3.95. The first-order chi connectivity index (χ1) is 5.34. The van der Waals surface area contributed by atoms with Gasteiger partial charge in [0.25, 0.3) is 0 Å². The summed E-state index contributed by atoms with van der Waals surface area (Å²) in [5.74, 6) is 0.844. The molecule has 1 heteroatoms. The predicted molar refractivity (Wildman–Crippen MR) is 47.6 cm³/mol. The second-order valence-electron chi connectivity index (χ2n) is 3.06. The van der Waals surface area contributed by atoms with Gasteiger partial charge in [0, 0.05) is 36.6 Å². The Morgan fingerprint density at radius 2 is 1.82 bits per heavy atom. The fourth-order valence-electron chi connectivity index (χ4n) is 1.11. The van der Waals surface area contributed by atoms with Crippen LogP contribution in [0.3, 0.4) is 0 Å². The van der Waals surface area contributed by atoms with Crippen LogP contribution in [0.25, 0.3) is 0 Å². The molecule has 1 fully saturated rings. The number of rotatable bonds is 2. The first kappa shape index (κ1) is 7.05. The third-order valence-corrected chi connectivity index (χ3v) is 2.17. The summed E-state index contributed by atoms with van der Waals surface area (Å²) < 4.78 is 0. The Hall–Kier alpha value is -0.620. The second-order valence-corrected chi connectivity index (χ2v) is 3.49.